The van der Waals surface area contributed by atoms with Crippen LogP contribution in [0.5, 0.6) is 0 Å². The molecule has 356 valence electrons. The molecule has 1 heterocycles. The number of hydrogen-bond donors (Lipinski definition) is 0. The number of benzene rings is 12. The van der Waals surface area contributed by atoms with Crippen LogP contribution in [0.25, 0.3) is 104 Å². The van der Waals surface area contributed by atoms with Gasteiger partial charge in [-0.1, -0.05) is 211 Å². The highest BCUT2D eigenvalue weighted by Gasteiger charge is 2.24. The standard InChI is InChI=1S/C72H58N2/c1-71(2,3)57-31-41-67-63(45-57)64-46-58(72(4,5)6)32-42-68(64)74(67)66-40-30-52-27-37-61-65(39-29-51-28-38-62(66)70(52)69(51)61)73(59-33-23-49(24-34-59)55-21-13-19-53(43-55)47-15-9-7-10-16-47)60-35-25-50(26-36-60)56-22-14-20-54(44-56)48-17-11-8-12-18-48/h7-46H,1-6H3. The molecule has 0 spiro atoms. The van der Waals surface area contributed by atoms with Crippen molar-refractivity contribution in [1.29, 1.82) is 0 Å². The van der Waals surface area contributed by atoms with Crippen LogP contribution < -0.4 is 4.90 Å². The lowest BCUT2D eigenvalue weighted by molar-refractivity contribution is 0.590. The molecule has 0 N–H and O–H groups in total. The molecule has 0 amide bonds. The van der Waals surface area contributed by atoms with E-state index in [1.165, 1.54) is 115 Å². The molecule has 0 unspecified atom stereocenters. The van der Waals surface area contributed by atoms with Crippen LogP contribution in [-0.2, 0) is 10.8 Å². The Hall–Kier alpha value is -8.72. The van der Waals surface area contributed by atoms with E-state index in [-0.39, 0.29) is 10.8 Å². The van der Waals surface area contributed by atoms with Gasteiger partial charge in [0.2, 0.25) is 0 Å². The van der Waals surface area contributed by atoms with E-state index in [0.717, 1.165) is 17.1 Å². The summed E-state index contributed by atoms with van der Waals surface area (Å²) in [6, 6.07) is 90.3. The van der Waals surface area contributed by atoms with Gasteiger partial charge in [-0.2, -0.15) is 0 Å². The maximum absolute atomic E-state index is 2.52. The Labute approximate surface area is 434 Å². The first kappa shape index (κ1) is 45.2. The summed E-state index contributed by atoms with van der Waals surface area (Å²) in [4.78, 5) is 2.45. The van der Waals surface area contributed by atoms with E-state index in [0.29, 0.717) is 0 Å². The maximum Gasteiger partial charge on any atom is 0.0541 e. The average Bonchev–Trinajstić information content (AvgIpc) is 3.79. The van der Waals surface area contributed by atoms with Crippen LogP contribution in [0.1, 0.15) is 52.7 Å². The van der Waals surface area contributed by atoms with Crippen molar-refractivity contribution in [3.8, 4) is 50.2 Å². The first-order valence-corrected chi connectivity index (χ1v) is 26.1. The zero-order valence-corrected chi connectivity index (χ0v) is 43.0. The molecule has 0 aliphatic carbocycles. The Morgan fingerprint density at radius 2 is 0.689 bits per heavy atom. The van der Waals surface area contributed by atoms with Gasteiger partial charge in [-0.15, -0.1) is 0 Å². The Bertz CT molecular complexity index is 4030. The van der Waals surface area contributed by atoms with Gasteiger partial charge in [-0.05, 0) is 161 Å². The van der Waals surface area contributed by atoms with Crippen LogP contribution in [0.15, 0.2) is 243 Å². The summed E-state index contributed by atoms with van der Waals surface area (Å²) < 4.78 is 2.52. The van der Waals surface area contributed by atoms with E-state index < -0.39 is 0 Å². The smallest absolute Gasteiger partial charge is 0.0541 e. The molecule has 0 saturated carbocycles. The second-order valence-electron chi connectivity index (χ2n) is 22.2. The van der Waals surface area contributed by atoms with Crippen molar-refractivity contribution in [2.75, 3.05) is 4.90 Å². The number of rotatable bonds is 8. The minimum Gasteiger partial charge on any atom is -0.310 e. The second kappa shape index (κ2) is 17.5. The van der Waals surface area contributed by atoms with Gasteiger partial charge in [-0.25, -0.2) is 0 Å². The molecule has 0 aliphatic rings. The van der Waals surface area contributed by atoms with Gasteiger partial charge in [0.1, 0.15) is 0 Å². The van der Waals surface area contributed by atoms with Crippen LogP contribution in [0.4, 0.5) is 17.1 Å². The Morgan fingerprint density at radius 3 is 1.15 bits per heavy atom. The second-order valence-corrected chi connectivity index (χ2v) is 22.2. The van der Waals surface area contributed by atoms with Crippen molar-refractivity contribution in [1.82, 2.24) is 4.57 Å². The highest BCUT2D eigenvalue weighted by molar-refractivity contribution is 6.27. The van der Waals surface area contributed by atoms with E-state index in [1.54, 1.807) is 0 Å². The van der Waals surface area contributed by atoms with Crippen molar-refractivity contribution in [2.45, 2.75) is 52.4 Å². The molecule has 13 rings (SSSR count). The van der Waals surface area contributed by atoms with Crippen molar-refractivity contribution in [3.63, 3.8) is 0 Å². The number of anilines is 3. The Balaban J connectivity index is 0.981. The van der Waals surface area contributed by atoms with Gasteiger partial charge >= 0.3 is 0 Å². The van der Waals surface area contributed by atoms with Crippen LogP contribution in [0, 0.1) is 0 Å². The zero-order valence-electron chi connectivity index (χ0n) is 43.0. The van der Waals surface area contributed by atoms with Gasteiger partial charge in [-0.3, -0.25) is 0 Å². The summed E-state index contributed by atoms with van der Waals surface area (Å²) in [6.07, 6.45) is 0. The van der Waals surface area contributed by atoms with E-state index in [1.807, 2.05) is 0 Å². The van der Waals surface area contributed by atoms with Crippen LogP contribution in [-0.4, -0.2) is 4.57 Å². The normalized spacial score (nSPS) is 12.2. The molecule has 13 aromatic rings. The maximum atomic E-state index is 2.52. The van der Waals surface area contributed by atoms with Crippen molar-refractivity contribution in [3.05, 3.63) is 254 Å². The van der Waals surface area contributed by atoms with Gasteiger partial charge in [0.05, 0.1) is 22.4 Å². The number of aromatic nitrogens is 1. The first-order valence-electron chi connectivity index (χ1n) is 26.1. The van der Waals surface area contributed by atoms with Crippen molar-refractivity contribution < 1.29 is 0 Å². The van der Waals surface area contributed by atoms with Gasteiger partial charge in [0.15, 0.2) is 0 Å². The summed E-state index contributed by atoms with van der Waals surface area (Å²) in [7, 11) is 0. The number of nitrogens with zero attached hydrogens (tertiary/aromatic N) is 2. The highest BCUT2D eigenvalue weighted by Crippen LogP contribution is 2.47. The third-order valence-electron chi connectivity index (χ3n) is 15.5. The van der Waals surface area contributed by atoms with Gasteiger partial charge in [0, 0.05) is 32.9 Å². The summed E-state index contributed by atoms with van der Waals surface area (Å²) in [5.41, 5.74) is 19.3. The summed E-state index contributed by atoms with van der Waals surface area (Å²) >= 11 is 0. The highest BCUT2D eigenvalue weighted by atomic mass is 15.1. The third kappa shape index (κ3) is 7.81. The lowest BCUT2D eigenvalue weighted by atomic mass is 9.85. The molecule has 0 radical (unpaired) electrons. The first-order chi connectivity index (χ1) is 35.9. The zero-order chi connectivity index (χ0) is 50.3. The molecular weight excluding hydrogens is 893 g/mol. The lowest BCUT2D eigenvalue weighted by Gasteiger charge is -2.28. The van der Waals surface area contributed by atoms with E-state index in [2.05, 4.69) is 294 Å². The minimum absolute atomic E-state index is 0.0237. The molecular formula is C72H58N2. The van der Waals surface area contributed by atoms with E-state index in [9.17, 15) is 0 Å². The molecule has 2 heteroatoms. The predicted octanol–water partition coefficient (Wildman–Crippen LogP) is 20.4. The third-order valence-corrected chi connectivity index (χ3v) is 15.5. The molecule has 12 aromatic carbocycles. The number of hydrogen-bond acceptors (Lipinski definition) is 1. The van der Waals surface area contributed by atoms with Crippen molar-refractivity contribution in [2.24, 2.45) is 0 Å². The fraction of sp³-hybridized carbons (Fsp3) is 0.111. The Kier molecular flexibility index (Phi) is 10.7. The van der Waals surface area contributed by atoms with E-state index in [4.69, 9.17) is 0 Å². The average molecular weight is 951 g/mol. The Morgan fingerprint density at radius 1 is 0.297 bits per heavy atom. The fourth-order valence-electron chi connectivity index (χ4n) is 11.4. The molecule has 0 aliphatic heterocycles. The molecule has 1 aromatic heterocycles. The fourth-order valence-corrected chi connectivity index (χ4v) is 11.4. The summed E-state index contributed by atoms with van der Waals surface area (Å²) in [5.74, 6) is 0. The minimum atomic E-state index is 0.0237. The van der Waals surface area contributed by atoms with Gasteiger partial charge in [0.25, 0.3) is 0 Å². The summed E-state index contributed by atoms with van der Waals surface area (Å²) in [6.45, 7) is 13.9. The van der Waals surface area contributed by atoms with E-state index >= 15 is 0 Å². The monoisotopic (exact) mass is 950 g/mol. The van der Waals surface area contributed by atoms with Crippen LogP contribution >= 0.6 is 0 Å². The topological polar surface area (TPSA) is 8.17 Å². The quantitative estimate of drug-likeness (QED) is 0.138. The molecule has 0 saturated heterocycles. The van der Waals surface area contributed by atoms with Crippen LogP contribution in [0.2, 0.25) is 0 Å². The molecule has 0 bridgehead atoms. The molecule has 0 fully saturated rings. The predicted molar refractivity (Wildman–Crippen MR) is 318 cm³/mol. The lowest BCUT2D eigenvalue weighted by Crippen LogP contribution is -2.10. The van der Waals surface area contributed by atoms with Crippen molar-refractivity contribution >= 4 is 71.2 Å². The number of fused-ring (bicyclic) bond motifs is 3. The van der Waals surface area contributed by atoms with Crippen LogP contribution in [0.3, 0.4) is 0 Å². The summed E-state index contributed by atoms with van der Waals surface area (Å²) in [5, 5.41) is 10.1. The molecule has 74 heavy (non-hydrogen) atoms. The molecule has 2 nitrogen and oxygen atoms in total. The molecule has 0 atom stereocenters. The van der Waals surface area contributed by atoms with Gasteiger partial charge < -0.3 is 9.47 Å². The largest absolute Gasteiger partial charge is 0.310 e. The SMILES string of the molecule is CC(C)(C)c1ccc2c(c1)c1cc(C(C)(C)C)ccc1n2-c1ccc2ccc3c(N(c4ccc(-c5cccc(-c6ccccc6)c5)cc4)c4ccc(-c5cccc(-c6ccccc6)c5)cc4)ccc4ccc1c2c43.